The van der Waals surface area contributed by atoms with Crippen LogP contribution in [0, 0.1) is 35.5 Å². The van der Waals surface area contributed by atoms with E-state index in [0.29, 0.717) is 48.3 Å². The van der Waals surface area contributed by atoms with Crippen molar-refractivity contribution < 1.29 is 19.2 Å². The van der Waals surface area contributed by atoms with E-state index in [1.54, 1.807) is 4.90 Å². The monoisotopic (exact) mass is 1550 g/mol. The third-order valence-corrected chi connectivity index (χ3v) is 24.2. The fourth-order valence-electron chi connectivity index (χ4n) is 17.4. The summed E-state index contributed by atoms with van der Waals surface area (Å²) in [4.78, 5) is 59.7. The highest BCUT2D eigenvalue weighted by molar-refractivity contribution is 6.05. The van der Waals surface area contributed by atoms with E-state index in [-0.39, 0.29) is 41.5 Å². The van der Waals surface area contributed by atoms with Crippen LogP contribution >= 0.6 is 0 Å². The van der Waals surface area contributed by atoms with Gasteiger partial charge in [-0.25, -0.2) is 0 Å². The Morgan fingerprint density at radius 3 is 1.40 bits per heavy atom. The molecule has 115 heavy (non-hydrogen) atoms. The zero-order chi connectivity index (χ0) is 83.1. The number of para-hydroxylation sites is 7. The molecule has 13 nitrogen and oxygen atoms in total. The molecule has 0 fully saturated rings. The molecule has 610 valence electrons. The Hall–Kier alpha value is -9.98. The Bertz CT molecular complexity index is 4530. The van der Waals surface area contributed by atoms with Crippen LogP contribution in [0.2, 0.25) is 0 Å². The molecule has 9 aromatic rings. The topological polar surface area (TPSA) is 124 Å². The summed E-state index contributed by atoms with van der Waals surface area (Å²) >= 11 is 0. The first-order chi connectivity index (χ1) is 54.9. The number of nitrogens with zero attached hydrogens (tertiary/aromatic N) is 6. The quantitative estimate of drug-likeness (QED) is 0.130. The minimum absolute atomic E-state index is 0.0381. The third kappa shape index (κ3) is 21.2. The van der Waals surface area contributed by atoms with Gasteiger partial charge in [-0.3, -0.25) is 24.1 Å². The van der Waals surface area contributed by atoms with Gasteiger partial charge in [-0.15, -0.1) is 0 Å². The van der Waals surface area contributed by atoms with E-state index in [4.69, 9.17) is 0 Å². The molecule has 18 rings (SSSR count). The average molecular weight is 1550 g/mol. The van der Waals surface area contributed by atoms with Crippen molar-refractivity contribution in [2.75, 3.05) is 69.8 Å². The van der Waals surface area contributed by atoms with Crippen LogP contribution in [0.5, 0.6) is 0 Å². The van der Waals surface area contributed by atoms with Crippen LogP contribution in [0.15, 0.2) is 218 Å². The molecule has 4 amide bonds. The summed E-state index contributed by atoms with van der Waals surface area (Å²) in [5.74, 6) is 5.94. The van der Waals surface area contributed by atoms with E-state index in [0.717, 1.165) is 95.1 Å². The standard InChI is InChI=1S/C12H15NO.2C12H17N.3C11H13NO.3C11H15N/c1-8(2)11-9-6-4-5-7-10(9)13(3)12(11)14;1-9(2)11-8-13(3)12-7-5-4-6-10(11)12;1-9(2)12-8-10-6-4-5-7-11(10)13(12)3;1-8(2)12-7-9-5-3-4-6-10(9)11(12)13;1-8(2)12-10-6-4-3-5-9(10)7-11(12)13;1-7(2)10-8-5-3-4-6-9(8)12-11(10)13;1-9(2)12-7-10-5-3-4-6-11(10)8-12;1-8(2)10-7-12-11-6-4-3-5-9(10)11;1-8(2)11-7-9-5-3-4-6-10(9)12-11/h4-8,11H,1-3H3;4-7,9,11H,8H2,1-3H3;4-7,9,12H,8H2,1-3H3;2*3-6,8H,7H2,1-2H3;3-7,10H,1-2H3,(H,12,13);3-6,9H,7-8H2,1-2H3;3-6,8,10,12H,7H2,1-2H3;3-6,8,11-12H,7H2,1-2H3. The van der Waals surface area contributed by atoms with Crippen LogP contribution in [0.4, 0.5) is 39.8 Å². The molecule has 9 aliphatic rings. The van der Waals surface area contributed by atoms with E-state index < -0.39 is 0 Å². The lowest BCUT2D eigenvalue weighted by atomic mass is 9.90. The predicted octanol–water partition coefficient (Wildman–Crippen LogP) is 22.3. The van der Waals surface area contributed by atoms with Crippen molar-refractivity contribution in [1.29, 1.82) is 0 Å². The van der Waals surface area contributed by atoms with Crippen molar-refractivity contribution in [2.24, 2.45) is 35.5 Å². The summed E-state index contributed by atoms with van der Waals surface area (Å²) in [5.41, 5.74) is 23.1. The van der Waals surface area contributed by atoms with Crippen molar-refractivity contribution in [3.8, 4) is 0 Å². The highest BCUT2D eigenvalue weighted by Gasteiger charge is 2.38. The van der Waals surface area contributed by atoms with Gasteiger partial charge in [-0.05, 0) is 194 Å². The fraction of sp³-hybridized carbons (Fsp3) is 0.431. The first-order valence-corrected chi connectivity index (χ1v) is 42.6. The van der Waals surface area contributed by atoms with Gasteiger partial charge in [0.15, 0.2) is 0 Å². The van der Waals surface area contributed by atoms with Crippen molar-refractivity contribution in [2.45, 2.75) is 217 Å². The molecular weight excluding hydrogens is 1420 g/mol. The molecule has 0 saturated carbocycles. The van der Waals surface area contributed by atoms with Gasteiger partial charge < -0.3 is 40.4 Å². The number of rotatable bonds is 9. The number of nitrogens with one attached hydrogen (secondary N) is 3. The van der Waals surface area contributed by atoms with Crippen LogP contribution in [-0.2, 0) is 53.3 Å². The van der Waals surface area contributed by atoms with Crippen molar-refractivity contribution in [1.82, 2.24) is 9.80 Å². The number of benzene rings is 9. The van der Waals surface area contributed by atoms with E-state index in [1.807, 2.05) is 136 Å². The van der Waals surface area contributed by atoms with Gasteiger partial charge in [0.1, 0.15) is 0 Å². The van der Waals surface area contributed by atoms with Crippen LogP contribution < -0.4 is 35.6 Å². The van der Waals surface area contributed by atoms with E-state index in [9.17, 15) is 19.2 Å². The number of hydrogen-bond acceptors (Lipinski definition) is 9. The van der Waals surface area contributed by atoms with Gasteiger partial charge in [0.05, 0.1) is 18.3 Å². The lowest BCUT2D eigenvalue weighted by Crippen LogP contribution is -2.33. The molecule has 13 heteroatoms. The highest BCUT2D eigenvalue weighted by atomic mass is 16.2. The van der Waals surface area contributed by atoms with Crippen molar-refractivity contribution in [3.63, 3.8) is 0 Å². The molecule has 9 aromatic carbocycles. The second-order valence-electron chi connectivity index (χ2n) is 35.3. The van der Waals surface area contributed by atoms with Crippen molar-refractivity contribution >= 4 is 63.4 Å². The molecule has 0 bridgehead atoms. The summed E-state index contributed by atoms with van der Waals surface area (Å²) in [6, 6.07) is 77.7. The first-order valence-electron chi connectivity index (χ1n) is 42.6. The maximum Gasteiger partial charge on any atom is 0.254 e. The molecule has 0 radical (unpaired) electrons. The van der Waals surface area contributed by atoms with E-state index >= 15 is 0 Å². The fourth-order valence-corrected chi connectivity index (χ4v) is 17.4. The molecule has 0 aromatic heterocycles. The molecule has 9 heterocycles. The smallest absolute Gasteiger partial charge is 0.254 e. The number of amides is 4. The molecule has 0 aliphatic carbocycles. The maximum atomic E-state index is 11.9. The lowest BCUT2D eigenvalue weighted by molar-refractivity contribution is -0.120. The molecular formula is C102H133N9O4. The molecule has 6 atom stereocenters. The molecule has 0 spiro atoms. The summed E-state index contributed by atoms with van der Waals surface area (Å²) < 4.78 is 0. The SMILES string of the molecule is CC(C)C1C(=O)N(C)c2ccccc21.CC(C)C1C(=O)Nc2ccccc21.CC(C)C1CN(C)c2ccccc21.CC(C)C1CNc2ccccc21.CC(C)C1Cc2ccccc2N1.CC(C)C1Cc2ccccc2N1C.CC(C)N1C(=O)Cc2ccccc21.CC(C)N1Cc2ccccc2C1.CC(C)N1Cc2ccccc2C1=O. The Morgan fingerprint density at radius 2 is 0.861 bits per heavy atom. The average Bonchev–Trinajstić information content (AvgIpc) is 1.56. The van der Waals surface area contributed by atoms with Crippen LogP contribution in [0.3, 0.4) is 0 Å². The Labute approximate surface area is 690 Å². The van der Waals surface area contributed by atoms with E-state index in [1.165, 1.54) is 81.1 Å². The normalized spacial score (nSPS) is 19.1. The van der Waals surface area contributed by atoms with Gasteiger partial charge in [-0.2, -0.15) is 0 Å². The predicted molar refractivity (Wildman–Crippen MR) is 484 cm³/mol. The van der Waals surface area contributed by atoms with E-state index in [2.05, 4.69) is 269 Å². The van der Waals surface area contributed by atoms with Gasteiger partial charge in [-0.1, -0.05) is 253 Å². The summed E-state index contributed by atoms with van der Waals surface area (Å²) in [6.45, 7) is 44.7. The first kappa shape index (κ1) is 87.4. The lowest BCUT2D eigenvalue weighted by Gasteiger charge is -2.25. The van der Waals surface area contributed by atoms with Gasteiger partial charge >= 0.3 is 0 Å². The minimum Gasteiger partial charge on any atom is -0.384 e. The summed E-state index contributed by atoms with van der Waals surface area (Å²) in [6.07, 6.45) is 2.96. The second-order valence-corrected chi connectivity index (χ2v) is 35.3. The number of carbonyl (C=O) groups is 4. The summed E-state index contributed by atoms with van der Waals surface area (Å²) in [5, 5.41) is 9.86. The number of hydrogen-bond donors (Lipinski definition) is 3. The maximum absolute atomic E-state index is 11.9. The third-order valence-electron chi connectivity index (χ3n) is 24.2. The van der Waals surface area contributed by atoms with Gasteiger partial charge in [0, 0.05) is 141 Å². The Balaban J connectivity index is 0.000000137. The number of carbonyl (C=O) groups excluding carboxylic acids is 4. The molecule has 3 N–H and O–H groups in total. The Morgan fingerprint density at radius 1 is 0.374 bits per heavy atom. The molecule has 6 unspecified atom stereocenters. The zero-order valence-electron chi connectivity index (χ0n) is 72.9. The Kier molecular flexibility index (Phi) is 30.4. The van der Waals surface area contributed by atoms with Crippen LogP contribution in [0.1, 0.15) is 214 Å². The van der Waals surface area contributed by atoms with Gasteiger partial charge in [0.2, 0.25) is 17.7 Å². The van der Waals surface area contributed by atoms with Crippen LogP contribution in [0.25, 0.3) is 0 Å². The van der Waals surface area contributed by atoms with Crippen LogP contribution in [-0.4, -0.2) is 97.9 Å². The van der Waals surface area contributed by atoms with Gasteiger partial charge in [0.25, 0.3) is 5.91 Å². The number of fused-ring (bicyclic) bond motifs is 9. The highest BCUT2D eigenvalue weighted by Crippen LogP contribution is 2.43. The largest absolute Gasteiger partial charge is 0.384 e. The van der Waals surface area contributed by atoms with Crippen molar-refractivity contribution in [3.05, 3.63) is 280 Å². The number of anilines is 7. The second kappa shape index (κ2) is 40.1. The minimum atomic E-state index is 0.0381. The molecule has 0 saturated heterocycles. The number of likely N-dealkylation sites (N-methyl/N-ethyl adjacent to an activating group) is 3. The zero-order valence-corrected chi connectivity index (χ0v) is 72.9. The molecule has 9 aliphatic heterocycles. The summed E-state index contributed by atoms with van der Waals surface area (Å²) in [7, 11) is 6.24.